The molecule has 22 heavy (non-hydrogen) atoms. The summed E-state index contributed by atoms with van der Waals surface area (Å²) in [5, 5.41) is 11.1. The molecule has 1 heterocycles. The van der Waals surface area contributed by atoms with Crippen molar-refractivity contribution < 1.29 is 19.4 Å². The summed E-state index contributed by atoms with van der Waals surface area (Å²) < 4.78 is 5.69. The number of halogens is 2. The van der Waals surface area contributed by atoms with Gasteiger partial charge in [-0.3, -0.25) is 9.59 Å². The number of hydrogen-bond acceptors (Lipinski definition) is 4. The molecule has 0 aromatic heterocycles. The molecule has 1 amide bonds. The first kappa shape index (κ1) is 16.8. The molecule has 0 spiro atoms. The number of aliphatic hydroxyl groups is 1. The van der Waals surface area contributed by atoms with E-state index in [1.165, 1.54) is 6.92 Å². The van der Waals surface area contributed by atoms with Gasteiger partial charge in [-0.15, -0.1) is 0 Å². The summed E-state index contributed by atoms with van der Waals surface area (Å²) in [6.07, 6.45) is 0.318. The van der Waals surface area contributed by atoms with Gasteiger partial charge in [0.15, 0.2) is 11.4 Å². The Balaban J connectivity index is 2.40. The maximum atomic E-state index is 12.4. The van der Waals surface area contributed by atoms with E-state index in [0.717, 1.165) is 0 Å². The molecule has 3 N–H and O–H groups in total. The lowest BCUT2D eigenvalue weighted by molar-refractivity contribution is -0.133. The lowest BCUT2D eigenvalue weighted by Gasteiger charge is -2.25. The minimum Gasteiger partial charge on any atom is -0.502 e. The number of ether oxygens (including phenoxy) is 1. The van der Waals surface area contributed by atoms with Crippen molar-refractivity contribution in [3.05, 3.63) is 46.4 Å². The Kier molecular flexibility index (Phi) is 4.82. The van der Waals surface area contributed by atoms with Crippen LogP contribution in [-0.2, 0) is 19.9 Å². The minimum absolute atomic E-state index is 0.0746. The maximum Gasteiger partial charge on any atom is 0.248 e. The number of carbonyl (C=O) groups excluding carboxylic acids is 2. The van der Waals surface area contributed by atoms with Gasteiger partial charge in [0, 0.05) is 15.9 Å². The highest BCUT2D eigenvalue weighted by Crippen LogP contribution is 2.41. The Morgan fingerprint density at radius 1 is 1.45 bits per heavy atom. The molecule has 0 radical (unpaired) electrons. The summed E-state index contributed by atoms with van der Waals surface area (Å²) in [7, 11) is 0. The van der Waals surface area contributed by atoms with Gasteiger partial charge in [-0.25, -0.2) is 0 Å². The summed E-state index contributed by atoms with van der Waals surface area (Å²) in [6.45, 7) is 1.54. The summed E-state index contributed by atoms with van der Waals surface area (Å²) in [6, 6.07) is 6.52. The van der Waals surface area contributed by atoms with E-state index in [9.17, 15) is 14.7 Å². The van der Waals surface area contributed by atoms with Crippen LogP contribution in [0.3, 0.4) is 0 Å². The molecule has 7 heteroatoms. The van der Waals surface area contributed by atoms with Crippen LogP contribution in [0.1, 0.15) is 18.9 Å². The fourth-order valence-electron chi connectivity index (χ4n) is 2.36. The van der Waals surface area contributed by atoms with Gasteiger partial charge in [0.05, 0.1) is 5.92 Å². The number of benzene rings is 1. The number of hydrogen-bond donors (Lipinski definition) is 2. The molecular weight excluding hydrogens is 374 g/mol. The van der Waals surface area contributed by atoms with E-state index < -0.39 is 29.0 Å². The van der Waals surface area contributed by atoms with Gasteiger partial charge in [-0.05, 0) is 25.5 Å². The van der Waals surface area contributed by atoms with E-state index in [4.69, 9.17) is 22.1 Å². The van der Waals surface area contributed by atoms with E-state index >= 15 is 0 Å². The van der Waals surface area contributed by atoms with Crippen LogP contribution in [-0.4, -0.2) is 22.1 Å². The Morgan fingerprint density at radius 2 is 2.05 bits per heavy atom. The fraction of sp³-hybridized carbons (Fsp3) is 0.333. The van der Waals surface area contributed by atoms with Gasteiger partial charge >= 0.3 is 0 Å². The third-order valence-corrected chi connectivity index (χ3v) is 4.36. The van der Waals surface area contributed by atoms with Crippen LogP contribution in [0.2, 0.25) is 5.02 Å². The highest BCUT2D eigenvalue weighted by atomic mass is 79.9. The van der Waals surface area contributed by atoms with E-state index in [2.05, 4.69) is 15.9 Å². The summed E-state index contributed by atoms with van der Waals surface area (Å²) in [5.41, 5.74) is 4.48. The monoisotopic (exact) mass is 387 g/mol. The van der Waals surface area contributed by atoms with Crippen LogP contribution < -0.4 is 5.73 Å². The van der Waals surface area contributed by atoms with Crippen molar-refractivity contribution in [3.8, 4) is 0 Å². The van der Waals surface area contributed by atoms with Crippen LogP contribution in [0.15, 0.2) is 35.8 Å². The second-order valence-corrected chi connectivity index (χ2v) is 6.35. The average Bonchev–Trinajstić information content (AvgIpc) is 2.70. The van der Waals surface area contributed by atoms with Crippen LogP contribution in [0, 0.1) is 5.92 Å². The number of carbonyl (C=O) groups is 2. The normalized spacial score (nSPS) is 22.6. The minimum atomic E-state index is -1.40. The zero-order valence-electron chi connectivity index (χ0n) is 11.8. The second kappa shape index (κ2) is 6.30. The van der Waals surface area contributed by atoms with Gasteiger partial charge in [0.25, 0.3) is 0 Å². The number of primary amides is 1. The summed E-state index contributed by atoms with van der Waals surface area (Å²) >= 11 is 9.05. The van der Waals surface area contributed by atoms with Crippen LogP contribution >= 0.6 is 27.5 Å². The number of amides is 1. The third-order valence-electron chi connectivity index (χ3n) is 3.65. The van der Waals surface area contributed by atoms with Crippen LogP contribution in [0.5, 0.6) is 0 Å². The van der Waals surface area contributed by atoms with Crippen molar-refractivity contribution in [2.45, 2.75) is 18.9 Å². The molecule has 2 rings (SSSR count). The maximum absolute atomic E-state index is 12.4. The van der Waals surface area contributed by atoms with E-state index in [1.54, 1.807) is 24.3 Å². The quantitative estimate of drug-likeness (QED) is 0.759. The summed E-state index contributed by atoms with van der Waals surface area (Å²) in [4.78, 5) is 24.0. The topological polar surface area (TPSA) is 89.6 Å². The first-order chi connectivity index (χ1) is 10.3. The van der Waals surface area contributed by atoms with Crippen LogP contribution in [0.25, 0.3) is 0 Å². The van der Waals surface area contributed by atoms with E-state index in [0.29, 0.717) is 22.3 Å². The SMILES string of the molecule is CC1(c2ccc(Cl)cc2)OC(C(CCBr)C(N)=O)=C(O)C1=O. The average molecular weight is 389 g/mol. The Labute approximate surface area is 141 Å². The lowest BCUT2D eigenvalue weighted by Crippen LogP contribution is -2.32. The Bertz CT molecular complexity index is 643. The lowest BCUT2D eigenvalue weighted by atomic mass is 9.91. The number of alkyl halides is 1. The number of nitrogens with two attached hydrogens (primary N) is 1. The molecule has 0 bridgehead atoms. The van der Waals surface area contributed by atoms with Crippen molar-refractivity contribution >= 4 is 39.2 Å². The van der Waals surface area contributed by atoms with Crippen LogP contribution in [0.4, 0.5) is 0 Å². The van der Waals surface area contributed by atoms with Crippen molar-refractivity contribution in [2.75, 3.05) is 5.33 Å². The largest absolute Gasteiger partial charge is 0.502 e. The van der Waals surface area contributed by atoms with Gasteiger partial charge in [-0.2, -0.15) is 0 Å². The number of rotatable bonds is 5. The second-order valence-electron chi connectivity index (χ2n) is 5.12. The molecule has 2 atom stereocenters. The molecule has 1 aromatic carbocycles. The van der Waals surface area contributed by atoms with Gasteiger partial charge in [0.1, 0.15) is 0 Å². The molecule has 5 nitrogen and oxygen atoms in total. The predicted octanol–water partition coefficient (Wildman–Crippen LogP) is 2.81. The predicted molar refractivity (Wildman–Crippen MR) is 85.6 cm³/mol. The third kappa shape index (κ3) is 2.85. The highest BCUT2D eigenvalue weighted by molar-refractivity contribution is 9.09. The number of Topliss-reactive ketones (excluding diaryl/α,β-unsaturated/α-hetero) is 1. The van der Waals surface area contributed by atoms with Gasteiger partial charge < -0.3 is 15.6 Å². The van der Waals surface area contributed by atoms with Crippen molar-refractivity contribution in [1.29, 1.82) is 0 Å². The smallest absolute Gasteiger partial charge is 0.248 e. The van der Waals surface area contributed by atoms with Crippen molar-refractivity contribution in [1.82, 2.24) is 0 Å². The molecule has 1 aliphatic rings. The molecule has 1 aromatic rings. The molecule has 118 valence electrons. The fourth-order valence-corrected chi connectivity index (χ4v) is 2.94. The molecule has 0 fully saturated rings. The molecule has 0 saturated carbocycles. The van der Waals surface area contributed by atoms with E-state index in [-0.39, 0.29) is 5.76 Å². The molecule has 0 saturated heterocycles. The zero-order chi connectivity index (χ0) is 16.5. The molecule has 0 aliphatic carbocycles. The van der Waals surface area contributed by atoms with Crippen molar-refractivity contribution in [2.24, 2.45) is 11.7 Å². The van der Waals surface area contributed by atoms with Gasteiger partial charge in [-0.1, -0.05) is 39.7 Å². The standard InChI is InChI=1S/C15H15BrClNO4/c1-15(8-2-4-9(17)5-3-8)13(20)11(19)12(22-15)10(6-7-16)14(18)21/h2-5,10,19H,6-7H2,1H3,(H2,18,21). The Hall–Kier alpha value is -1.53. The summed E-state index contributed by atoms with van der Waals surface area (Å²) in [5.74, 6) is -2.76. The molecular formula is C15H15BrClNO4. The Morgan fingerprint density at radius 3 is 2.55 bits per heavy atom. The number of ketones is 1. The number of aliphatic hydroxyl groups excluding tert-OH is 1. The first-order valence-electron chi connectivity index (χ1n) is 6.59. The first-order valence-corrected chi connectivity index (χ1v) is 8.09. The van der Waals surface area contributed by atoms with Gasteiger partial charge in [0.2, 0.25) is 17.4 Å². The zero-order valence-corrected chi connectivity index (χ0v) is 14.1. The van der Waals surface area contributed by atoms with Crippen molar-refractivity contribution in [3.63, 3.8) is 0 Å². The molecule has 1 aliphatic heterocycles. The highest BCUT2D eigenvalue weighted by Gasteiger charge is 2.50. The molecule has 2 unspecified atom stereocenters. The van der Waals surface area contributed by atoms with E-state index in [1.807, 2.05) is 0 Å².